The molecule has 5 nitrogen and oxygen atoms in total. The number of nitrogens with zero attached hydrogens (tertiary/aromatic N) is 3. The number of halogens is 1. The van der Waals surface area contributed by atoms with Crippen LogP contribution in [0.5, 0.6) is 5.75 Å². The maximum atomic E-state index is 12.7. The van der Waals surface area contributed by atoms with Crippen molar-refractivity contribution in [3.05, 3.63) is 64.6 Å². The molecule has 3 aromatic rings. The number of rotatable bonds is 5. The quantitative estimate of drug-likeness (QED) is 0.606. The summed E-state index contributed by atoms with van der Waals surface area (Å²) in [5.41, 5.74) is 2.92. The van der Waals surface area contributed by atoms with Gasteiger partial charge in [-0.15, -0.1) is 11.3 Å². The third-order valence-corrected chi connectivity index (χ3v) is 6.18. The van der Waals surface area contributed by atoms with E-state index in [2.05, 4.69) is 16.0 Å². The minimum atomic E-state index is 0.123. The molecule has 1 aliphatic heterocycles. The zero-order valence-corrected chi connectivity index (χ0v) is 17.7. The van der Waals surface area contributed by atoms with Crippen molar-refractivity contribution in [2.75, 3.05) is 38.2 Å². The van der Waals surface area contributed by atoms with Gasteiger partial charge in [0.25, 0.3) is 0 Å². The summed E-state index contributed by atoms with van der Waals surface area (Å²) < 4.78 is 5.28. The Hall–Kier alpha value is -2.57. The van der Waals surface area contributed by atoms with Crippen molar-refractivity contribution >= 4 is 34.5 Å². The zero-order valence-electron chi connectivity index (χ0n) is 16.2. The van der Waals surface area contributed by atoms with Crippen LogP contribution in [0.1, 0.15) is 5.69 Å². The largest absolute Gasteiger partial charge is 0.497 e. The Bertz CT molecular complexity index is 999. The summed E-state index contributed by atoms with van der Waals surface area (Å²) in [5, 5.41) is 3.60. The van der Waals surface area contributed by atoms with Crippen molar-refractivity contribution in [1.82, 2.24) is 9.88 Å². The van der Waals surface area contributed by atoms with Crippen molar-refractivity contribution in [1.29, 1.82) is 0 Å². The third-order valence-electron chi connectivity index (χ3n) is 5.01. The van der Waals surface area contributed by atoms with E-state index in [1.54, 1.807) is 18.4 Å². The van der Waals surface area contributed by atoms with Crippen molar-refractivity contribution in [2.24, 2.45) is 0 Å². The summed E-state index contributed by atoms with van der Waals surface area (Å²) in [7, 11) is 1.65. The van der Waals surface area contributed by atoms with Gasteiger partial charge in [0, 0.05) is 47.8 Å². The average Bonchev–Trinajstić information content (AvgIpc) is 3.22. The van der Waals surface area contributed by atoms with Gasteiger partial charge in [0.1, 0.15) is 10.8 Å². The van der Waals surface area contributed by atoms with E-state index in [9.17, 15) is 4.79 Å². The number of carbonyl (C=O) groups excluding carboxylic acids is 1. The first-order valence-electron chi connectivity index (χ1n) is 9.49. The molecule has 0 N–H and O–H groups in total. The van der Waals surface area contributed by atoms with Gasteiger partial charge in [-0.1, -0.05) is 29.8 Å². The second-order valence-corrected chi connectivity index (χ2v) is 8.19. The lowest BCUT2D eigenvalue weighted by Crippen LogP contribution is -2.49. The Balaban J connectivity index is 1.35. The summed E-state index contributed by atoms with van der Waals surface area (Å²) in [5.74, 6) is 0.922. The number of amides is 1. The van der Waals surface area contributed by atoms with Crippen LogP contribution in [0.15, 0.2) is 53.9 Å². The fourth-order valence-electron chi connectivity index (χ4n) is 3.43. The first kappa shape index (κ1) is 19.7. The second kappa shape index (κ2) is 8.84. The number of hydrogen-bond acceptors (Lipinski definition) is 5. The van der Waals surface area contributed by atoms with Crippen LogP contribution in [0.25, 0.3) is 10.6 Å². The van der Waals surface area contributed by atoms with Crippen molar-refractivity contribution in [2.45, 2.75) is 6.42 Å². The molecule has 7 heteroatoms. The summed E-state index contributed by atoms with van der Waals surface area (Å²) >= 11 is 7.64. The Morgan fingerprint density at radius 3 is 2.69 bits per heavy atom. The third kappa shape index (κ3) is 4.71. The van der Waals surface area contributed by atoms with Crippen LogP contribution < -0.4 is 9.64 Å². The minimum absolute atomic E-state index is 0.123. The highest BCUT2D eigenvalue weighted by molar-refractivity contribution is 7.13. The van der Waals surface area contributed by atoms with Gasteiger partial charge in [-0.05, 0) is 30.3 Å². The van der Waals surface area contributed by atoms with Gasteiger partial charge in [-0.2, -0.15) is 0 Å². The molecular formula is C22H22ClN3O2S. The number of aromatic nitrogens is 1. The van der Waals surface area contributed by atoms with E-state index in [0.29, 0.717) is 19.5 Å². The van der Waals surface area contributed by atoms with Gasteiger partial charge in [-0.25, -0.2) is 4.98 Å². The molecule has 1 saturated heterocycles. The number of benzene rings is 2. The fourth-order valence-corrected chi connectivity index (χ4v) is 4.43. The number of thiazole rings is 1. The zero-order chi connectivity index (χ0) is 20.2. The van der Waals surface area contributed by atoms with Gasteiger partial charge in [-0.3, -0.25) is 4.79 Å². The topological polar surface area (TPSA) is 45.7 Å². The molecule has 0 unspecified atom stereocenters. The van der Waals surface area contributed by atoms with Gasteiger partial charge in [0.2, 0.25) is 5.91 Å². The van der Waals surface area contributed by atoms with Crippen LogP contribution in [0, 0.1) is 0 Å². The normalized spacial score (nSPS) is 14.1. The van der Waals surface area contributed by atoms with Gasteiger partial charge < -0.3 is 14.5 Å². The Morgan fingerprint density at radius 2 is 1.93 bits per heavy atom. The van der Waals surface area contributed by atoms with Crippen molar-refractivity contribution in [3.63, 3.8) is 0 Å². The fraction of sp³-hybridized carbons (Fsp3) is 0.273. The first-order chi connectivity index (χ1) is 14.1. The molecule has 29 heavy (non-hydrogen) atoms. The molecule has 0 saturated carbocycles. The van der Waals surface area contributed by atoms with E-state index < -0.39 is 0 Å². The van der Waals surface area contributed by atoms with Crippen LogP contribution in [0.4, 0.5) is 5.69 Å². The SMILES string of the molecule is COc1cccc(-c2nc(CC(=O)N3CCN(c4cccc(Cl)c4)CC3)cs2)c1. The predicted octanol–water partition coefficient (Wildman–Crippen LogP) is 4.36. The summed E-state index contributed by atoms with van der Waals surface area (Å²) in [6.45, 7) is 3.02. The molecule has 0 radical (unpaired) electrons. The average molecular weight is 428 g/mol. The number of ether oxygens (including phenoxy) is 1. The van der Waals surface area contributed by atoms with Crippen molar-refractivity contribution in [3.8, 4) is 16.3 Å². The molecule has 2 aromatic carbocycles. The molecule has 0 atom stereocenters. The molecular weight excluding hydrogens is 406 g/mol. The molecule has 4 rings (SSSR count). The lowest BCUT2D eigenvalue weighted by molar-refractivity contribution is -0.130. The molecule has 2 heterocycles. The molecule has 0 aliphatic carbocycles. The molecule has 1 aromatic heterocycles. The van der Waals surface area contributed by atoms with Crippen LogP contribution in [-0.2, 0) is 11.2 Å². The summed E-state index contributed by atoms with van der Waals surface area (Å²) in [4.78, 5) is 21.6. The Labute approximate surface area is 179 Å². The number of carbonyl (C=O) groups is 1. The lowest BCUT2D eigenvalue weighted by atomic mass is 10.2. The van der Waals surface area contributed by atoms with E-state index in [1.807, 2.05) is 52.7 Å². The highest BCUT2D eigenvalue weighted by atomic mass is 35.5. The molecule has 0 spiro atoms. The van der Waals surface area contributed by atoms with Crippen LogP contribution in [-0.4, -0.2) is 49.1 Å². The maximum absolute atomic E-state index is 12.7. The highest BCUT2D eigenvalue weighted by Gasteiger charge is 2.22. The van der Waals surface area contributed by atoms with Gasteiger partial charge >= 0.3 is 0 Å². The molecule has 1 fully saturated rings. The smallest absolute Gasteiger partial charge is 0.228 e. The van der Waals surface area contributed by atoms with Gasteiger partial charge in [0.15, 0.2) is 0 Å². The summed E-state index contributed by atoms with van der Waals surface area (Å²) in [6, 6.07) is 15.7. The lowest BCUT2D eigenvalue weighted by Gasteiger charge is -2.36. The number of anilines is 1. The molecule has 1 amide bonds. The van der Waals surface area contributed by atoms with E-state index in [0.717, 1.165) is 45.8 Å². The molecule has 150 valence electrons. The van der Waals surface area contributed by atoms with E-state index in [4.69, 9.17) is 16.3 Å². The van der Waals surface area contributed by atoms with E-state index in [-0.39, 0.29) is 5.91 Å². The minimum Gasteiger partial charge on any atom is -0.497 e. The van der Waals surface area contributed by atoms with Crippen LogP contribution in [0.3, 0.4) is 0 Å². The number of methoxy groups -OCH3 is 1. The Morgan fingerprint density at radius 1 is 1.14 bits per heavy atom. The van der Waals surface area contributed by atoms with Gasteiger partial charge in [0.05, 0.1) is 19.2 Å². The van der Waals surface area contributed by atoms with E-state index >= 15 is 0 Å². The second-order valence-electron chi connectivity index (χ2n) is 6.90. The number of piperazine rings is 1. The van der Waals surface area contributed by atoms with Crippen LogP contribution in [0.2, 0.25) is 5.02 Å². The van der Waals surface area contributed by atoms with Crippen molar-refractivity contribution < 1.29 is 9.53 Å². The Kier molecular flexibility index (Phi) is 6.02. The predicted molar refractivity (Wildman–Crippen MR) is 118 cm³/mol. The standard InChI is InChI=1S/C22H22ClN3O2S/c1-28-20-7-2-4-16(12-20)22-24-18(15-29-22)14-21(27)26-10-8-25(9-11-26)19-6-3-5-17(23)13-19/h2-7,12-13,15H,8-11,14H2,1H3. The molecule has 0 bridgehead atoms. The number of hydrogen-bond donors (Lipinski definition) is 0. The monoisotopic (exact) mass is 427 g/mol. The van der Waals surface area contributed by atoms with E-state index in [1.165, 1.54) is 0 Å². The van der Waals surface area contributed by atoms with Crippen LogP contribution >= 0.6 is 22.9 Å². The summed E-state index contributed by atoms with van der Waals surface area (Å²) in [6.07, 6.45) is 0.331. The molecule has 1 aliphatic rings. The highest BCUT2D eigenvalue weighted by Crippen LogP contribution is 2.27. The maximum Gasteiger partial charge on any atom is 0.228 e. The first-order valence-corrected chi connectivity index (χ1v) is 10.8.